The van der Waals surface area contributed by atoms with Gasteiger partial charge < -0.3 is 20.2 Å². The van der Waals surface area contributed by atoms with Gasteiger partial charge in [-0.05, 0) is 30.6 Å². The Morgan fingerprint density at radius 2 is 0.975 bits per heavy atom. The standard InChI is InChI=1S/C13H26NO7P.C8H19O4P.5CH4/c1-8(2)6-11(15)14-12(13(16)17)10(5)21-22(18,19)20-7-9(3)4;1-7(2)5-11-13(9,10)12-6-8(3)4;;;;;/h8-10,12H,6-7H2,1-5H3,(H,14,15)(H,16,17)(H,18,19);7-8H,5-6H2,1-4H3,(H,9,10);5*1H4. The monoisotopic (exact) mass is 629 g/mol. The van der Waals surface area contributed by atoms with Crippen molar-refractivity contribution in [3.8, 4) is 0 Å². The van der Waals surface area contributed by atoms with E-state index in [1.807, 2.05) is 41.5 Å². The molecule has 3 unspecified atom stereocenters. The summed E-state index contributed by atoms with van der Waals surface area (Å²) in [6, 6.07) is -1.44. The van der Waals surface area contributed by atoms with E-state index in [1.54, 1.807) is 13.8 Å². The van der Waals surface area contributed by atoms with Gasteiger partial charge in [-0.15, -0.1) is 0 Å². The molecule has 0 aromatic rings. The van der Waals surface area contributed by atoms with Gasteiger partial charge in [0.1, 0.15) is 0 Å². The first-order valence-corrected chi connectivity index (χ1v) is 14.6. The zero-order valence-electron chi connectivity index (χ0n) is 22.3. The number of amides is 1. The van der Waals surface area contributed by atoms with Crippen molar-refractivity contribution in [2.24, 2.45) is 23.7 Å². The number of hydrogen-bond donors (Lipinski definition) is 4. The first-order valence-electron chi connectivity index (χ1n) is 11.6. The molecule has 12 nitrogen and oxygen atoms in total. The van der Waals surface area contributed by atoms with Crippen LogP contribution in [0.2, 0.25) is 0 Å². The number of phosphoric acid groups is 2. The van der Waals surface area contributed by atoms with Crippen molar-refractivity contribution in [3.63, 3.8) is 0 Å². The summed E-state index contributed by atoms with van der Waals surface area (Å²) in [5, 5.41) is 11.4. The summed E-state index contributed by atoms with van der Waals surface area (Å²) >= 11 is 0. The van der Waals surface area contributed by atoms with Crippen LogP contribution in [0.1, 0.15) is 106 Å². The molecule has 0 aromatic carbocycles. The van der Waals surface area contributed by atoms with E-state index in [0.29, 0.717) is 0 Å². The minimum absolute atomic E-state index is 0. The van der Waals surface area contributed by atoms with Gasteiger partial charge in [0.05, 0.1) is 25.9 Å². The molecule has 1 amide bonds. The molecule has 0 aliphatic rings. The van der Waals surface area contributed by atoms with Crippen LogP contribution in [0, 0.1) is 23.7 Å². The van der Waals surface area contributed by atoms with Gasteiger partial charge in [0.2, 0.25) is 5.91 Å². The lowest BCUT2D eigenvalue weighted by atomic mass is 10.1. The van der Waals surface area contributed by atoms with Crippen molar-refractivity contribution < 1.29 is 51.7 Å². The second-order valence-corrected chi connectivity index (χ2v) is 12.7. The van der Waals surface area contributed by atoms with Crippen LogP contribution in [0.5, 0.6) is 0 Å². The van der Waals surface area contributed by atoms with E-state index in [4.69, 9.17) is 28.1 Å². The maximum absolute atomic E-state index is 11.7. The number of carbonyl (C=O) groups excluding carboxylic acids is 1. The zero-order valence-corrected chi connectivity index (χ0v) is 24.1. The summed E-state index contributed by atoms with van der Waals surface area (Å²) in [7, 11) is -8.18. The number of rotatable bonds is 16. The Morgan fingerprint density at radius 1 is 0.650 bits per heavy atom. The average molecular weight is 630 g/mol. The van der Waals surface area contributed by atoms with Crippen molar-refractivity contribution in [1.82, 2.24) is 5.32 Å². The van der Waals surface area contributed by atoms with Gasteiger partial charge in [0.25, 0.3) is 0 Å². The first-order chi connectivity index (χ1) is 15.8. The maximum Gasteiger partial charge on any atom is 0.472 e. The predicted molar refractivity (Wildman–Crippen MR) is 165 cm³/mol. The largest absolute Gasteiger partial charge is 0.480 e. The fourth-order valence-electron chi connectivity index (χ4n) is 2.05. The van der Waals surface area contributed by atoms with Gasteiger partial charge in [0, 0.05) is 6.42 Å². The van der Waals surface area contributed by atoms with Crippen LogP contribution >= 0.6 is 15.6 Å². The number of carboxylic acid groups (broad SMARTS) is 1. The topological polar surface area (TPSA) is 178 Å². The van der Waals surface area contributed by atoms with Crippen molar-refractivity contribution in [2.45, 2.75) is 118 Å². The second-order valence-electron chi connectivity index (χ2n) is 9.80. The van der Waals surface area contributed by atoms with Gasteiger partial charge in [-0.1, -0.05) is 92.5 Å². The van der Waals surface area contributed by atoms with E-state index in [9.17, 15) is 23.6 Å². The molecule has 3 atom stereocenters. The number of aliphatic carboxylic acids is 1. The van der Waals surface area contributed by atoms with Crippen LogP contribution in [0.4, 0.5) is 0 Å². The normalized spacial score (nSPS) is 13.6. The summed E-state index contributed by atoms with van der Waals surface area (Å²) in [5.41, 5.74) is 0. The summed E-state index contributed by atoms with van der Waals surface area (Å²) in [6.45, 7) is 16.6. The van der Waals surface area contributed by atoms with Gasteiger partial charge in [-0.3, -0.25) is 22.9 Å². The molecule has 4 N–H and O–H groups in total. The van der Waals surface area contributed by atoms with Crippen LogP contribution < -0.4 is 5.32 Å². The molecular weight excluding hydrogens is 564 g/mol. The molecule has 14 heteroatoms. The molecule has 0 saturated heterocycles. The third-order valence-electron chi connectivity index (χ3n) is 3.66. The van der Waals surface area contributed by atoms with Crippen LogP contribution in [-0.2, 0) is 36.8 Å². The minimum Gasteiger partial charge on any atom is -0.480 e. The molecule has 0 saturated carbocycles. The molecule has 0 rings (SSSR count). The van der Waals surface area contributed by atoms with Crippen LogP contribution in [-0.4, -0.2) is 58.7 Å². The van der Waals surface area contributed by atoms with E-state index < -0.39 is 39.7 Å². The molecule has 0 heterocycles. The predicted octanol–water partition coefficient (Wildman–Crippen LogP) is 7.39. The fourth-order valence-corrected chi connectivity index (χ4v) is 4.19. The van der Waals surface area contributed by atoms with Crippen molar-refractivity contribution in [1.29, 1.82) is 0 Å². The van der Waals surface area contributed by atoms with E-state index in [0.717, 1.165) is 0 Å². The molecule has 0 aromatic heterocycles. The molecule has 0 fully saturated rings. The van der Waals surface area contributed by atoms with Gasteiger partial charge in [-0.25, -0.2) is 13.9 Å². The highest BCUT2D eigenvalue weighted by molar-refractivity contribution is 7.47. The Labute approximate surface area is 246 Å². The molecule has 250 valence electrons. The molecule has 0 bridgehead atoms. The van der Waals surface area contributed by atoms with Crippen LogP contribution in [0.25, 0.3) is 0 Å². The van der Waals surface area contributed by atoms with E-state index >= 15 is 0 Å². The number of nitrogens with one attached hydrogen (secondary N) is 1. The van der Waals surface area contributed by atoms with Crippen LogP contribution in [0.15, 0.2) is 0 Å². The van der Waals surface area contributed by atoms with E-state index in [1.165, 1.54) is 6.92 Å². The Hall–Kier alpha value is -0.840. The average Bonchev–Trinajstić information content (AvgIpc) is 2.67. The van der Waals surface area contributed by atoms with Gasteiger partial charge in [0.15, 0.2) is 6.04 Å². The Balaban J connectivity index is -0.000000106. The van der Waals surface area contributed by atoms with Crippen molar-refractivity contribution >= 4 is 27.5 Å². The van der Waals surface area contributed by atoms with E-state index in [-0.39, 0.29) is 87.0 Å². The molecule has 0 spiro atoms. The highest BCUT2D eigenvalue weighted by atomic mass is 31.2. The van der Waals surface area contributed by atoms with Crippen LogP contribution in [0.3, 0.4) is 0 Å². The summed E-state index contributed by atoms with van der Waals surface area (Å²) < 4.78 is 41.9. The SMILES string of the molecule is C.C.C.C.C.CC(C)COP(=O)(O)OC(C)C(NC(=O)CC(C)C)C(=O)O.CC(C)COP(=O)(O)OCC(C)C. The lowest BCUT2D eigenvalue weighted by Crippen LogP contribution is -2.48. The highest BCUT2D eigenvalue weighted by Crippen LogP contribution is 2.45. The number of phosphoric ester groups is 2. The Morgan fingerprint density at radius 3 is 1.25 bits per heavy atom. The molecule has 0 radical (unpaired) electrons. The summed E-state index contributed by atoms with van der Waals surface area (Å²) in [4.78, 5) is 41.5. The van der Waals surface area contributed by atoms with Gasteiger partial charge >= 0.3 is 21.6 Å². The first kappa shape index (κ1) is 55.1. The quantitative estimate of drug-likeness (QED) is 0.125. The maximum atomic E-state index is 11.7. The minimum atomic E-state index is -4.38. The Kier molecular flexibility index (Phi) is 37.2. The lowest BCUT2D eigenvalue weighted by Gasteiger charge is -2.24. The van der Waals surface area contributed by atoms with E-state index in [2.05, 4.69) is 5.32 Å². The van der Waals surface area contributed by atoms with Crippen molar-refractivity contribution in [3.05, 3.63) is 0 Å². The van der Waals surface area contributed by atoms with Crippen molar-refractivity contribution in [2.75, 3.05) is 19.8 Å². The smallest absolute Gasteiger partial charge is 0.472 e. The van der Waals surface area contributed by atoms with Gasteiger partial charge in [-0.2, -0.15) is 0 Å². The lowest BCUT2D eigenvalue weighted by molar-refractivity contribution is -0.144. The molecular formula is C26H65NO11P2. The molecule has 0 aliphatic carbocycles. The molecule has 0 aliphatic heterocycles. The third-order valence-corrected chi connectivity index (χ3v) is 5.68. The molecule has 40 heavy (non-hydrogen) atoms. The number of carboxylic acids is 1. The fraction of sp³-hybridized carbons (Fsp3) is 0.923. The highest BCUT2D eigenvalue weighted by Gasteiger charge is 2.34. The zero-order chi connectivity index (χ0) is 28.0. The number of carbonyl (C=O) groups is 2. The second kappa shape index (κ2) is 27.0. The summed E-state index contributed by atoms with van der Waals surface area (Å²) in [5.74, 6) is -1.29. The number of hydrogen-bond acceptors (Lipinski definition) is 8. The summed E-state index contributed by atoms with van der Waals surface area (Å²) in [6.07, 6.45) is -1.08. The Bertz CT molecular complexity index is 701. The third kappa shape index (κ3) is 33.4.